The second-order valence-corrected chi connectivity index (χ2v) is 10.1. The molecule has 6 heterocycles. The number of pyridine rings is 3. The van der Waals surface area contributed by atoms with E-state index < -0.39 is 0 Å². The Hall–Kier alpha value is -4.80. The molecule has 0 aliphatic carbocycles. The lowest BCUT2D eigenvalue weighted by atomic mass is 10.1. The standard InChI is InChI=1S/C29H21FN8S/c30-25-7-6-24(39-25)28-27-21(8-9-33-28)35-29(36-27)26-20-11-22(34-16-23(20)37-38-26)19-10-18(14-32-15-19)13-31-12-17-4-2-1-3-5-17/h1-11,14-16,31H,12-13H2,(H,35,36)(H,37,38). The van der Waals surface area contributed by atoms with Crippen LogP contribution in [0.4, 0.5) is 4.39 Å². The van der Waals surface area contributed by atoms with Crippen LogP contribution in [0.5, 0.6) is 0 Å². The maximum Gasteiger partial charge on any atom is 0.177 e. The molecular formula is C29H21FN8S. The van der Waals surface area contributed by atoms with Crippen molar-refractivity contribution in [2.75, 3.05) is 0 Å². The van der Waals surface area contributed by atoms with E-state index >= 15 is 0 Å². The van der Waals surface area contributed by atoms with E-state index in [9.17, 15) is 4.39 Å². The van der Waals surface area contributed by atoms with Crippen molar-refractivity contribution in [2.45, 2.75) is 13.1 Å². The van der Waals surface area contributed by atoms with E-state index in [4.69, 9.17) is 4.98 Å². The maximum atomic E-state index is 13.7. The zero-order chi connectivity index (χ0) is 26.2. The lowest BCUT2D eigenvalue weighted by molar-refractivity contribution is 0.657. The molecule has 0 bridgehead atoms. The fourth-order valence-electron chi connectivity index (χ4n) is 4.60. The van der Waals surface area contributed by atoms with Crippen LogP contribution >= 0.6 is 11.3 Å². The van der Waals surface area contributed by atoms with Crippen molar-refractivity contribution in [1.29, 1.82) is 0 Å². The minimum absolute atomic E-state index is 0.261. The molecule has 8 nitrogen and oxygen atoms in total. The van der Waals surface area contributed by atoms with Crippen LogP contribution in [-0.4, -0.2) is 35.1 Å². The van der Waals surface area contributed by atoms with Crippen molar-refractivity contribution in [3.63, 3.8) is 0 Å². The molecule has 0 unspecified atom stereocenters. The summed E-state index contributed by atoms with van der Waals surface area (Å²) < 4.78 is 13.7. The number of hydrogen-bond donors (Lipinski definition) is 3. The molecule has 0 aliphatic rings. The number of nitrogens with zero attached hydrogens (tertiary/aromatic N) is 5. The third-order valence-electron chi connectivity index (χ3n) is 6.47. The van der Waals surface area contributed by atoms with Crippen molar-refractivity contribution in [3.05, 3.63) is 102 Å². The number of aromatic nitrogens is 7. The molecule has 0 aliphatic heterocycles. The fourth-order valence-corrected chi connectivity index (χ4v) is 5.32. The van der Waals surface area contributed by atoms with Crippen LogP contribution in [0.15, 0.2) is 85.5 Å². The van der Waals surface area contributed by atoms with Gasteiger partial charge in [-0.15, -0.1) is 11.3 Å². The van der Waals surface area contributed by atoms with E-state index in [2.05, 4.69) is 53.6 Å². The first-order valence-electron chi connectivity index (χ1n) is 12.3. The van der Waals surface area contributed by atoms with E-state index in [1.54, 1.807) is 18.5 Å². The Bertz CT molecular complexity index is 1920. The molecule has 0 atom stereocenters. The highest BCUT2D eigenvalue weighted by atomic mass is 32.1. The molecule has 0 saturated carbocycles. The summed E-state index contributed by atoms with van der Waals surface area (Å²) in [4.78, 5) is 22.4. The van der Waals surface area contributed by atoms with Gasteiger partial charge in [-0.2, -0.15) is 9.49 Å². The highest BCUT2D eigenvalue weighted by Crippen LogP contribution is 2.33. The average molecular weight is 533 g/mol. The normalized spacial score (nSPS) is 11.5. The number of rotatable bonds is 7. The number of aromatic amines is 2. The Labute approximate surface area is 226 Å². The van der Waals surface area contributed by atoms with Gasteiger partial charge in [0.1, 0.15) is 16.9 Å². The molecule has 10 heteroatoms. The highest BCUT2D eigenvalue weighted by Gasteiger charge is 2.17. The number of H-pyrrole nitrogens is 2. The molecule has 39 heavy (non-hydrogen) atoms. The highest BCUT2D eigenvalue weighted by molar-refractivity contribution is 7.13. The van der Waals surface area contributed by atoms with Crippen LogP contribution in [0.3, 0.4) is 0 Å². The summed E-state index contributed by atoms with van der Waals surface area (Å²) in [5.41, 5.74) is 7.57. The number of thiophene rings is 1. The molecule has 0 fully saturated rings. The van der Waals surface area contributed by atoms with Gasteiger partial charge >= 0.3 is 0 Å². The number of halogens is 1. The lowest BCUT2D eigenvalue weighted by Crippen LogP contribution is -2.12. The summed E-state index contributed by atoms with van der Waals surface area (Å²) >= 11 is 1.05. The van der Waals surface area contributed by atoms with Gasteiger partial charge in [0.2, 0.25) is 0 Å². The van der Waals surface area contributed by atoms with Crippen LogP contribution < -0.4 is 5.32 Å². The Kier molecular flexibility index (Phi) is 5.87. The summed E-state index contributed by atoms with van der Waals surface area (Å²) in [6.07, 6.45) is 7.14. The van der Waals surface area contributed by atoms with Crippen LogP contribution in [0, 0.1) is 5.13 Å². The van der Waals surface area contributed by atoms with Gasteiger partial charge in [0.15, 0.2) is 11.0 Å². The quantitative estimate of drug-likeness (QED) is 0.228. The van der Waals surface area contributed by atoms with Gasteiger partial charge in [0.05, 0.1) is 27.8 Å². The molecule has 0 saturated heterocycles. The van der Waals surface area contributed by atoms with Crippen LogP contribution in [0.2, 0.25) is 0 Å². The molecule has 3 N–H and O–H groups in total. The van der Waals surface area contributed by atoms with Gasteiger partial charge in [-0.3, -0.25) is 20.1 Å². The Morgan fingerprint density at radius 3 is 2.62 bits per heavy atom. The van der Waals surface area contributed by atoms with E-state index in [1.807, 2.05) is 42.7 Å². The summed E-state index contributed by atoms with van der Waals surface area (Å²) in [5, 5.41) is 11.7. The SMILES string of the molecule is Fc1ccc(-c2nccc3[nH]c(-c4n[nH]c5cnc(-c6cncc(CNCc7ccccc7)c6)cc45)nc23)s1. The third-order valence-corrected chi connectivity index (χ3v) is 7.35. The van der Waals surface area contributed by atoms with Gasteiger partial charge in [-0.25, -0.2) is 4.98 Å². The van der Waals surface area contributed by atoms with Crippen LogP contribution in [-0.2, 0) is 13.1 Å². The molecule has 6 aromatic heterocycles. The monoisotopic (exact) mass is 532 g/mol. The largest absolute Gasteiger partial charge is 0.336 e. The average Bonchev–Trinajstić information content (AvgIpc) is 3.71. The van der Waals surface area contributed by atoms with Crippen molar-refractivity contribution >= 4 is 33.3 Å². The minimum Gasteiger partial charge on any atom is -0.336 e. The first-order valence-corrected chi connectivity index (χ1v) is 13.2. The first kappa shape index (κ1) is 23.3. The van der Waals surface area contributed by atoms with Crippen molar-refractivity contribution in [1.82, 2.24) is 40.4 Å². The van der Waals surface area contributed by atoms with Crippen LogP contribution in [0.1, 0.15) is 11.1 Å². The number of fused-ring (bicyclic) bond motifs is 2. The second-order valence-electron chi connectivity index (χ2n) is 9.10. The van der Waals surface area contributed by atoms with Gasteiger partial charge < -0.3 is 10.3 Å². The van der Waals surface area contributed by atoms with E-state index in [1.165, 1.54) is 11.6 Å². The molecule has 7 aromatic rings. The van der Waals surface area contributed by atoms with Crippen molar-refractivity contribution in [3.8, 4) is 33.3 Å². The van der Waals surface area contributed by atoms with E-state index in [0.717, 1.165) is 56.0 Å². The zero-order valence-corrected chi connectivity index (χ0v) is 21.3. The number of benzene rings is 1. The summed E-state index contributed by atoms with van der Waals surface area (Å²) in [7, 11) is 0. The lowest BCUT2D eigenvalue weighted by Gasteiger charge is -2.07. The predicted octanol–water partition coefficient (Wildman–Crippen LogP) is 6.12. The van der Waals surface area contributed by atoms with Crippen molar-refractivity contribution in [2.24, 2.45) is 0 Å². The van der Waals surface area contributed by atoms with E-state index in [-0.39, 0.29) is 5.13 Å². The molecule has 0 radical (unpaired) electrons. The smallest absolute Gasteiger partial charge is 0.177 e. The maximum absolute atomic E-state index is 13.7. The number of imidazole rings is 1. The summed E-state index contributed by atoms with van der Waals surface area (Å²) in [5.74, 6) is 0.594. The van der Waals surface area contributed by atoms with Gasteiger partial charge in [-0.1, -0.05) is 30.3 Å². The first-order chi connectivity index (χ1) is 19.2. The Balaban J connectivity index is 1.20. The molecule has 190 valence electrons. The predicted molar refractivity (Wildman–Crippen MR) is 150 cm³/mol. The van der Waals surface area contributed by atoms with E-state index in [0.29, 0.717) is 29.3 Å². The Morgan fingerprint density at radius 1 is 0.846 bits per heavy atom. The molecule has 1 aromatic carbocycles. The third kappa shape index (κ3) is 4.56. The molecular weight excluding hydrogens is 511 g/mol. The minimum atomic E-state index is -0.261. The topological polar surface area (TPSA) is 108 Å². The zero-order valence-electron chi connectivity index (χ0n) is 20.5. The van der Waals surface area contributed by atoms with Crippen molar-refractivity contribution < 1.29 is 4.39 Å². The number of nitrogens with one attached hydrogen (secondary N) is 3. The molecule has 7 rings (SSSR count). The van der Waals surface area contributed by atoms with Gasteiger partial charge in [0.25, 0.3) is 0 Å². The van der Waals surface area contributed by atoms with Gasteiger partial charge in [-0.05, 0) is 41.5 Å². The van der Waals surface area contributed by atoms with Crippen LogP contribution in [0.25, 0.3) is 55.3 Å². The molecule has 0 spiro atoms. The molecule has 0 amide bonds. The summed E-state index contributed by atoms with van der Waals surface area (Å²) in [6.45, 7) is 1.47. The van der Waals surface area contributed by atoms with Gasteiger partial charge in [0, 0.05) is 42.6 Å². The number of hydrogen-bond acceptors (Lipinski definition) is 7. The second kappa shape index (κ2) is 9.82. The summed E-state index contributed by atoms with van der Waals surface area (Å²) in [6, 6.07) is 19.4. The Morgan fingerprint density at radius 2 is 1.74 bits per heavy atom. The fraction of sp³-hybridized carbons (Fsp3) is 0.0690.